The highest BCUT2D eigenvalue weighted by Crippen LogP contribution is 2.37. The molecule has 0 aromatic carbocycles. The maximum absolute atomic E-state index is 10.4. The number of carboxylic acid groups (broad SMARTS) is 1. The molecule has 1 aliphatic rings. The molecule has 3 nitrogen and oxygen atoms in total. The van der Waals surface area contributed by atoms with Crippen molar-refractivity contribution in [3.05, 3.63) is 24.3 Å². The molecule has 23 heavy (non-hydrogen) atoms. The van der Waals surface area contributed by atoms with Gasteiger partial charge in [0.1, 0.15) is 0 Å². The van der Waals surface area contributed by atoms with Crippen LogP contribution in [0.5, 0.6) is 0 Å². The summed E-state index contributed by atoms with van der Waals surface area (Å²) in [5.41, 5.74) is 0. The summed E-state index contributed by atoms with van der Waals surface area (Å²) in [6.45, 7) is 2.11. The summed E-state index contributed by atoms with van der Waals surface area (Å²) in [5.74, 6) is 0.800. The Morgan fingerprint density at radius 1 is 1.17 bits per heavy atom. The minimum atomic E-state index is -0.707. The van der Waals surface area contributed by atoms with Gasteiger partial charge in [-0.25, -0.2) is 0 Å². The highest BCUT2D eigenvalue weighted by atomic mass is 16.4. The smallest absolute Gasteiger partial charge is 0.303 e. The lowest BCUT2D eigenvalue weighted by Gasteiger charge is -2.19. The first-order valence-electron chi connectivity index (χ1n) is 9.33. The third kappa shape index (κ3) is 9.60. The zero-order valence-corrected chi connectivity index (χ0v) is 14.6. The molecule has 1 rings (SSSR count). The predicted molar refractivity (Wildman–Crippen MR) is 95.4 cm³/mol. The van der Waals surface area contributed by atoms with Crippen molar-refractivity contribution < 1.29 is 15.0 Å². The second-order valence-electron chi connectivity index (χ2n) is 6.79. The molecular weight excluding hydrogens is 288 g/mol. The van der Waals surface area contributed by atoms with E-state index in [2.05, 4.69) is 31.2 Å². The van der Waals surface area contributed by atoms with Gasteiger partial charge in [-0.3, -0.25) is 4.79 Å². The van der Waals surface area contributed by atoms with Crippen molar-refractivity contribution in [1.82, 2.24) is 0 Å². The first-order chi connectivity index (χ1) is 11.1. The molecule has 0 spiro atoms. The SMILES string of the molecule is CC/C=C\CC(O)CCC1CCCC1C/C=C\CCCC(=O)O. The van der Waals surface area contributed by atoms with E-state index in [1.807, 2.05) is 0 Å². The van der Waals surface area contributed by atoms with Crippen molar-refractivity contribution >= 4 is 5.97 Å². The van der Waals surface area contributed by atoms with E-state index in [0.717, 1.165) is 56.8 Å². The summed E-state index contributed by atoms with van der Waals surface area (Å²) in [5, 5.41) is 18.6. The van der Waals surface area contributed by atoms with E-state index in [4.69, 9.17) is 5.11 Å². The molecule has 1 fully saturated rings. The van der Waals surface area contributed by atoms with Gasteiger partial charge in [-0.1, -0.05) is 44.1 Å². The van der Waals surface area contributed by atoms with Crippen LogP contribution in [0.2, 0.25) is 0 Å². The van der Waals surface area contributed by atoms with Gasteiger partial charge in [0.05, 0.1) is 6.10 Å². The minimum absolute atomic E-state index is 0.189. The van der Waals surface area contributed by atoms with Crippen LogP contribution in [-0.4, -0.2) is 22.3 Å². The topological polar surface area (TPSA) is 57.5 Å². The molecule has 0 aromatic rings. The van der Waals surface area contributed by atoms with Gasteiger partial charge in [0, 0.05) is 6.42 Å². The predicted octanol–water partition coefficient (Wildman–Crippen LogP) is 5.10. The first kappa shape index (κ1) is 20.0. The molecule has 132 valence electrons. The average Bonchev–Trinajstić information content (AvgIpc) is 2.96. The Kier molecular flexibility index (Phi) is 10.7. The van der Waals surface area contributed by atoms with Crippen molar-refractivity contribution in [2.75, 3.05) is 0 Å². The molecular formula is C20H34O3. The number of aliphatic hydroxyl groups excluding tert-OH is 1. The van der Waals surface area contributed by atoms with Crippen molar-refractivity contribution in [3.8, 4) is 0 Å². The van der Waals surface area contributed by atoms with Gasteiger partial charge in [-0.05, 0) is 63.2 Å². The second-order valence-corrected chi connectivity index (χ2v) is 6.79. The van der Waals surface area contributed by atoms with Gasteiger partial charge < -0.3 is 10.2 Å². The van der Waals surface area contributed by atoms with Crippen LogP contribution in [0.25, 0.3) is 0 Å². The molecule has 0 aromatic heterocycles. The van der Waals surface area contributed by atoms with Crippen LogP contribution in [0.1, 0.15) is 77.6 Å². The lowest BCUT2D eigenvalue weighted by Crippen LogP contribution is -2.12. The fraction of sp³-hybridized carbons (Fsp3) is 0.750. The van der Waals surface area contributed by atoms with Gasteiger partial charge in [0.25, 0.3) is 0 Å². The molecule has 0 bridgehead atoms. The van der Waals surface area contributed by atoms with Crippen molar-refractivity contribution in [2.45, 2.75) is 83.7 Å². The molecule has 2 N–H and O–H groups in total. The summed E-state index contributed by atoms with van der Waals surface area (Å²) >= 11 is 0. The fourth-order valence-electron chi connectivity index (χ4n) is 3.51. The molecule has 1 aliphatic carbocycles. The van der Waals surface area contributed by atoms with E-state index in [1.54, 1.807) is 0 Å². The number of carboxylic acids is 1. The van der Waals surface area contributed by atoms with Gasteiger partial charge in [0.2, 0.25) is 0 Å². The molecule has 3 heteroatoms. The normalized spacial score (nSPS) is 23.0. The fourth-order valence-corrected chi connectivity index (χ4v) is 3.51. The number of unbranched alkanes of at least 4 members (excludes halogenated alkanes) is 1. The van der Waals surface area contributed by atoms with Crippen molar-refractivity contribution in [3.63, 3.8) is 0 Å². The maximum atomic E-state index is 10.4. The van der Waals surface area contributed by atoms with Gasteiger partial charge in [0.15, 0.2) is 0 Å². The Morgan fingerprint density at radius 2 is 1.96 bits per heavy atom. The number of rotatable bonds is 12. The molecule has 0 saturated heterocycles. The summed E-state index contributed by atoms with van der Waals surface area (Å²) in [4.78, 5) is 10.4. The molecule has 0 radical (unpaired) electrons. The zero-order chi connectivity index (χ0) is 16.9. The van der Waals surface area contributed by atoms with Gasteiger partial charge in [-0.2, -0.15) is 0 Å². The van der Waals surface area contributed by atoms with Crippen LogP contribution >= 0.6 is 0 Å². The van der Waals surface area contributed by atoms with Crippen LogP contribution in [0.3, 0.4) is 0 Å². The minimum Gasteiger partial charge on any atom is -0.481 e. The largest absolute Gasteiger partial charge is 0.481 e. The highest BCUT2D eigenvalue weighted by Gasteiger charge is 2.26. The molecule has 3 unspecified atom stereocenters. The van der Waals surface area contributed by atoms with Crippen LogP contribution in [0, 0.1) is 11.8 Å². The number of hydrogen-bond acceptors (Lipinski definition) is 2. The summed E-state index contributed by atoms with van der Waals surface area (Å²) < 4.78 is 0. The van der Waals surface area contributed by atoms with Crippen molar-refractivity contribution in [1.29, 1.82) is 0 Å². The van der Waals surface area contributed by atoms with Crippen LogP contribution in [0.4, 0.5) is 0 Å². The van der Waals surface area contributed by atoms with E-state index >= 15 is 0 Å². The first-order valence-corrected chi connectivity index (χ1v) is 9.33. The summed E-state index contributed by atoms with van der Waals surface area (Å²) in [6.07, 6.45) is 19.2. The monoisotopic (exact) mass is 322 g/mol. The zero-order valence-electron chi connectivity index (χ0n) is 14.6. The summed E-state index contributed by atoms with van der Waals surface area (Å²) in [7, 11) is 0. The number of hydrogen-bond donors (Lipinski definition) is 2. The van der Waals surface area contributed by atoms with E-state index in [1.165, 1.54) is 19.3 Å². The Labute approximate surface area is 141 Å². The number of aliphatic hydroxyl groups is 1. The van der Waals surface area contributed by atoms with Gasteiger partial charge >= 0.3 is 5.97 Å². The lowest BCUT2D eigenvalue weighted by molar-refractivity contribution is -0.137. The molecule has 0 amide bonds. The highest BCUT2D eigenvalue weighted by molar-refractivity contribution is 5.66. The maximum Gasteiger partial charge on any atom is 0.303 e. The van der Waals surface area contributed by atoms with E-state index in [9.17, 15) is 9.90 Å². The third-order valence-electron chi connectivity index (χ3n) is 4.86. The Hall–Kier alpha value is -1.09. The second kappa shape index (κ2) is 12.3. The van der Waals surface area contributed by atoms with Crippen LogP contribution < -0.4 is 0 Å². The average molecular weight is 322 g/mol. The van der Waals surface area contributed by atoms with Gasteiger partial charge in [-0.15, -0.1) is 0 Å². The lowest BCUT2D eigenvalue weighted by atomic mass is 9.87. The number of allylic oxidation sites excluding steroid dienone is 3. The van der Waals surface area contributed by atoms with Crippen LogP contribution in [-0.2, 0) is 4.79 Å². The third-order valence-corrected chi connectivity index (χ3v) is 4.86. The van der Waals surface area contributed by atoms with E-state index in [0.29, 0.717) is 0 Å². The molecule has 1 saturated carbocycles. The van der Waals surface area contributed by atoms with Crippen LogP contribution in [0.15, 0.2) is 24.3 Å². The Balaban J connectivity index is 2.19. The quantitative estimate of drug-likeness (QED) is 0.388. The Bertz CT molecular complexity index is 373. The van der Waals surface area contributed by atoms with Crippen molar-refractivity contribution in [2.24, 2.45) is 11.8 Å². The van der Waals surface area contributed by atoms with E-state index < -0.39 is 5.97 Å². The number of carbonyl (C=O) groups is 1. The molecule has 3 atom stereocenters. The standard InChI is InChI=1S/C20H34O3/c1-2-3-6-13-19(21)16-15-18-12-9-11-17(18)10-7-4-5-8-14-20(22)23/h3-4,6-7,17-19,21H,2,5,8-16H2,1H3,(H,22,23)/b6-3-,7-4-. The molecule has 0 aliphatic heterocycles. The number of aliphatic carboxylic acids is 1. The van der Waals surface area contributed by atoms with E-state index in [-0.39, 0.29) is 12.5 Å². The summed E-state index contributed by atoms with van der Waals surface area (Å²) in [6, 6.07) is 0. The molecule has 0 heterocycles. The Morgan fingerprint density at radius 3 is 2.70 bits per heavy atom.